The summed E-state index contributed by atoms with van der Waals surface area (Å²) >= 11 is 0. The van der Waals surface area contributed by atoms with Crippen LogP contribution in [0.1, 0.15) is 32.8 Å². The quantitative estimate of drug-likeness (QED) is 0.354. The lowest BCUT2D eigenvalue weighted by Gasteiger charge is -2.26. The molecule has 11 heteroatoms. The summed E-state index contributed by atoms with van der Waals surface area (Å²) in [7, 11) is -3.77. The highest BCUT2D eigenvalue weighted by atomic mass is 32.2. The van der Waals surface area contributed by atoms with Crippen molar-refractivity contribution in [2.45, 2.75) is 56.7 Å². The van der Waals surface area contributed by atoms with Crippen LogP contribution in [0.4, 0.5) is 4.79 Å². The monoisotopic (exact) mass is 426 g/mol. The van der Waals surface area contributed by atoms with Crippen molar-refractivity contribution in [1.29, 1.82) is 0 Å². The highest BCUT2D eigenvalue weighted by Crippen LogP contribution is 2.23. The van der Waals surface area contributed by atoms with Gasteiger partial charge in [-0.2, -0.15) is 0 Å². The third-order valence-corrected chi connectivity index (χ3v) is 5.35. The van der Waals surface area contributed by atoms with Gasteiger partial charge in [0.05, 0.1) is 17.3 Å². The lowest BCUT2D eigenvalue weighted by atomic mass is 10.2. The van der Waals surface area contributed by atoms with Crippen molar-refractivity contribution >= 4 is 28.4 Å². The van der Waals surface area contributed by atoms with Crippen LogP contribution in [0, 0.1) is 6.92 Å². The van der Waals surface area contributed by atoms with Crippen LogP contribution in [0.25, 0.3) is 0 Å². The number of aliphatic imine (C=N–C) groups is 1. The van der Waals surface area contributed by atoms with Gasteiger partial charge in [0.2, 0.25) is 0 Å². The predicted octanol–water partition coefficient (Wildman–Crippen LogP) is 1.27. The first kappa shape index (κ1) is 22.6. The van der Waals surface area contributed by atoms with Gasteiger partial charge >= 0.3 is 12.1 Å². The SMILES string of the molecule is Cc1ccc(S(=O)(=O)NNC=N[C@H]2C[C@H](C(=O)O)N(C(=O)OC(C)(C)C)C2)cc1. The van der Waals surface area contributed by atoms with E-state index in [2.05, 4.69) is 15.2 Å². The number of hydrogen-bond donors (Lipinski definition) is 3. The van der Waals surface area contributed by atoms with Gasteiger partial charge in [-0.1, -0.05) is 17.7 Å². The molecule has 1 aliphatic rings. The third kappa shape index (κ3) is 6.43. The smallest absolute Gasteiger partial charge is 0.411 e. The topological polar surface area (TPSA) is 137 Å². The average Bonchev–Trinajstić information content (AvgIpc) is 3.02. The standard InChI is InChI=1S/C18H26N4O6S/c1-12-5-7-14(8-6-12)29(26,27)21-20-11-19-13-9-15(16(23)24)22(10-13)17(25)28-18(2,3)4/h5-8,11,13,15,21H,9-10H2,1-4H3,(H,19,20)(H,23,24)/t13-,15+/m0/s1. The summed E-state index contributed by atoms with van der Waals surface area (Å²) in [6.07, 6.45) is 0.501. The summed E-state index contributed by atoms with van der Waals surface area (Å²) in [5, 5.41) is 9.36. The zero-order valence-corrected chi connectivity index (χ0v) is 17.6. The van der Waals surface area contributed by atoms with Crippen molar-refractivity contribution in [1.82, 2.24) is 15.2 Å². The number of hydrogen-bond acceptors (Lipinski definition) is 6. The van der Waals surface area contributed by atoms with Crippen molar-refractivity contribution in [3.63, 3.8) is 0 Å². The zero-order valence-electron chi connectivity index (χ0n) is 16.7. The molecule has 29 heavy (non-hydrogen) atoms. The molecule has 3 N–H and O–H groups in total. The number of amides is 1. The largest absolute Gasteiger partial charge is 0.480 e. The van der Waals surface area contributed by atoms with Crippen LogP contribution in [0.5, 0.6) is 0 Å². The van der Waals surface area contributed by atoms with Gasteiger partial charge in [0, 0.05) is 13.0 Å². The molecule has 0 saturated carbocycles. The first-order chi connectivity index (χ1) is 13.4. The van der Waals surface area contributed by atoms with Gasteiger partial charge < -0.3 is 9.84 Å². The Labute approximate surface area is 170 Å². The molecule has 0 aliphatic carbocycles. The van der Waals surface area contributed by atoms with E-state index in [0.717, 1.165) is 16.8 Å². The van der Waals surface area contributed by atoms with E-state index in [-0.39, 0.29) is 17.9 Å². The minimum atomic E-state index is -3.77. The van der Waals surface area contributed by atoms with Crippen molar-refractivity contribution in [3.05, 3.63) is 29.8 Å². The van der Waals surface area contributed by atoms with E-state index in [1.807, 2.05) is 6.92 Å². The van der Waals surface area contributed by atoms with Crippen molar-refractivity contribution in [2.24, 2.45) is 4.99 Å². The number of hydrazine groups is 1. The molecule has 1 aliphatic heterocycles. The Morgan fingerprint density at radius 1 is 1.28 bits per heavy atom. The Bertz CT molecular complexity index is 877. The lowest BCUT2D eigenvalue weighted by Crippen LogP contribution is -2.43. The van der Waals surface area contributed by atoms with Crippen LogP contribution >= 0.6 is 0 Å². The number of aliphatic carboxylic acids is 1. The minimum absolute atomic E-state index is 0.0504. The number of carbonyl (C=O) groups is 2. The molecule has 1 aromatic carbocycles. The second kappa shape index (κ2) is 8.78. The molecule has 1 heterocycles. The highest BCUT2D eigenvalue weighted by molar-refractivity contribution is 7.89. The fraction of sp³-hybridized carbons (Fsp3) is 0.500. The predicted molar refractivity (Wildman–Crippen MR) is 106 cm³/mol. The van der Waals surface area contributed by atoms with Crippen LogP contribution in [-0.4, -0.2) is 61.1 Å². The molecule has 1 fully saturated rings. The lowest BCUT2D eigenvalue weighted by molar-refractivity contribution is -0.142. The molecule has 1 amide bonds. The summed E-state index contributed by atoms with van der Waals surface area (Å²) in [4.78, 5) is 31.2. The molecule has 0 spiro atoms. The number of nitrogens with zero attached hydrogens (tertiary/aromatic N) is 2. The molecule has 1 saturated heterocycles. The maximum absolute atomic E-state index is 12.2. The van der Waals surface area contributed by atoms with Gasteiger partial charge in [-0.3, -0.25) is 15.3 Å². The number of sulfonamides is 1. The average molecular weight is 426 g/mol. The number of rotatable bonds is 6. The minimum Gasteiger partial charge on any atom is -0.480 e. The number of carboxylic acids is 1. The van der Waals surface area contributed by atoms with Gasteiger partial charge in [-0.05, 0) is 39.8 Å². The second-order valence-corrected chi connectivity index (χ2v) is 9.40. The first-order valence-corrected chi connectivity index (χ1v) is 10.5. The molecular weight excluding hydrogens is 400 g/mol. The van der Waals surface area contributed by atoms with Gasteiger partial charge in [0.25, 0.3) is 10.0 Å². The van der Waals surface area contributed by atoms with E-state index in [1.54, 1.807) is 32.9 Å². The molecule has 2 rings (SSSR count). The van der Waals surface area contributed by atoms with E-state index in [1.165, 1.54) is 12.1 Å². The molecule has 10 nitrogen and oxygen atoms in total. The molecule has 2 atom stereocenters. The number of likely N-dealkylation sites (tertiary alicyclic amines) is 1. The maximum Gasteiger partial charge on any atom is 0.411 e. The third-order valence-electron chi connectivity index (χ3n) is 4.07. The van der Waals surface area contributed by atoms with Gasteiger partial charge in [0.15, 0.2) is 0 Å². The molecule has 0 radical (unpaired) electrons. The number of carbonyl (C=O) groups excluding carboxylic acids is 1. The summed E-state index contributed by atoms with van der Waals surface area (Å²) in [5.74, 6) is -1.15. The van der Waals surface area contributed by atoms with Crippen LogP contribution in [0.3, 0.4) is 0 Å². The van der Waals surface area contributed by atoms with Gasteiger partial charge in [-0.15, -0.1) is 4.83 Å². The van der Waals surface area contributed by atoms with Crippen molar-refractivity contribution in [2.75, 3.05) is 6.54 Å². The Balaban J connectivity index is 1.96. The summed E-state index contributed by atoms with van der Waals surface area (Å²) in [6, 6.07) is 4.74. The second-order valence-electron chi connectivity index (χ2n) is 7.72. The summed E-state index contributed by atoms with van der Waals surface area (Å²) < 4.78 is 29.6. The van der Waals surface area contributed by atoms with Crippen LogP contribution in [0.2, 0.25) is 0 Å². The number of aryl methyl sites for hydroxylation is 1. The number of nitrogens with one attached hydrogen (secondary N) is 2. The Kier molecular flexibility index (Phi) is 6.85. The van der Waals surface area contributed by atoms with Gasteiger partial charge in [0.1, 0.15) is 11.6 Å². The highest BCUT2D eigenvalue weighted by Gasteiger charge is 2.41. The number of benzene rings is 1. The van der Waals surface area contributed by atoms with E-state index in [0.29, 0.717) is 0 Å². The Hall–Kier alpha value is -2.66. The number of ether oxygens (including phenoxy) is 1. The molecule has 0 aromatic heterocycles. The Morgan fingerprint density at radius 3 is 2.45 bits per heavy atom. The van der Waals surface area contributed by atoms with Crippen LogP contribution in [-0.2, 0) is 19.6 Å². The van der Waals surface area contributed by atoms with Crippen molar-refractivity contribution in [3.8, 4) is 0 Å². The molecule has 0 unspecified atom stereocenters. The molecule has 160 valence electrons. The van der Waals surface area contributed by atoms with Crippen molar-refractivity contribution < 1.29 is 27.9 Å². The number of carboxylic acid groups (broad SMARTS) is 1. The first-order valence-electron chi connectivity index (χ1n) is 8.97. The Morgan fingerprint density at radius 2 is 1.90 bits per heavy atom. The molecule has 1 aromatic rings. The molecular formula is C18H26N4O6S. The van der Waals surface area contributed by atoms with Crippen LogP contribution in [0.15, 0.2) is 34.2 Å². The van der Waals surface area contributed by atoms with Gasteiger partial charge in [-0.25, -0.2) is 18.0 Å². The van der Waals surface area contributed by atoms with E-state index < -0.39 is 39.8 Å². The van der Waals surface area contributed by atoms with E-state index in [9.17, 15) is 23.1 Å². The summed E-state index contributed by atoms with van der Waals surface area (Å²) in [6.45, 7) is 6.97. The fourth-order valence-corrected chi connectivity index (χ4v) is 3.52. The normalized spacial score (nSPS) is 20.1. The maximum atomic E-state index is 12.2. The van der Waals surface area contributed by atoms with Crippen LogP contribution < -0.4 is 10.3 Å². The fourth-order valence-electron chi connectivity index (χ4n) is 2.70. The molecule has 0 bridgehead atoms. The summed E-state index contributed by atoms with van der Waals surface area (Å²) in [5.41, 5.74) is 2.56. The zero-order chi connectivity index (χ0) is 21.8. The van der Waals surface area contributed by atoms with E-state index in [4.69, 9.17) is 4.74 Å². The van der Waals surface area contributed by atoms with E-state index >= 15 is 0 Å².